The fourth-order valence-electron chi connectivity index (χ4n) is 3.21. The van der Waals surface area contributed by atoms with Crippen molar-refractivity contribution in [2.45, 2.75) is 29.9 Å². The third-order valence-electron chi connectivity index (χ3n) is 4.73. The molecule has 0 bridgehead atoms. The largest absolute Gasteiger partial charge is 0.367 e. The summed E-state index contributed by atoms with van der Waals surface area (Å²) in [5.41, 5.74) is 1.02. The zero-order valence-electron chi connectivity index (χ0n) is 13.6. The molecule has 1 saturated carbocycles. The van der Waals surface area contributed by atoms with E-state index < -0.39 is 10.0 Å². The van der Waals surface area contributed by atoms with Crippen molar-refractivity contribution in [1.29, 1.82) is 0 Å². The van der Waals surface area contributed by atoms with Crippen molar-refractivity contribution >= 4 is 10.0 Å². The second-order valence-electron chi connectivity index (χ2n) is 6.58. The highest BCUT2D eigenvalue weighted by Gasteiger charge is 2.42. The predicted molar refractivity (Wildman–Crippen MR) is 88.7 cm³/mol. The van der Waals surface area contributed by atoms with Crippen molar-refractivity contribution in [3.05, 3.63) is 48.3 Å². The minimum Gasteiger partial charge on any atom is -0.367 e. The Kier molecular flexibility index (Phi) is 3.94. The van der Waals surface area contributed by atoms with Crippen LogP contribution in [0.15, 0.2) is 47.6 Å². The topological polar surface area (TPSA) is 64.4 Å². The molecule has 2 aliphatic rings. The van der Waals surface area contributed by atoms with Crippen LogP contribution < -0.4 is 0 Å². The number of hydrogen-bond donors (Lipinski definition) is 0. The van der Waals surface area contributed by atoms with Gasteiger partial charge in [0, 0.05) is 26.3 Å². The zero-order valence-corrected chi connectivity index (χ0v) is 14.4. The normalized spacial score (nSPS) is 25.7. The summed E-state index contributed by atoms with van der Waals surface area (Å²) in [5.74, 6) is 0.475. The summed E-state index contributed by atoms with van der Waals surface area (Å²) >= 11 is 0. The maximum atomic E-state index is 13.0. The maximum Gasteiger partial charge on any atom is 0.246 e. The van der Waals surface area contributed by atoms with Gasteiger partial charge in [-0.05, 0) is 24.3 Å². The van der Waals surface area contributed by atoms with Gasteiger partial charge < -0.3 is 4.74 Å². The van der Waals surface area contributed by atoms with Crippen molar-refractivity contribution in [3.8, 4) is 0 Å². The monoisotopic (exact) mass is 347 g/mol. The lowest BCUT2D eigenvalue weighted by Gasteiger charge is -2.37. The molecule has 1 aromatic carbocycles. The summed E-state index contributed by atoms with van der Waals surface area (Å²) in [5, 5.41) is 4.00. The second kappa shape index (κ2) is 5.98. The molecule has 2 heterocycles. The molecule has 0 unspecified atom stereocenters. The van der Waals surface area contributed by atoms with Gasteiger partial charge in [-0.2, -0.15) is 9.40 Å². The van der Waals surface area contributed by atoms with Gasteiger partial charge in [0.2, 0.25) is 10.0 Å². The summed E-state index contributed by atoms with van der Waals surface area (Å²) in [4.78, 5) is 0.244. The van der Waals surface area contributed by atoms with Crippen LogP contribution in [0.1, 0.15) is 24.5 Å². The fraction of sp³-hybridized carbons (Fsp3) is 0.471. The average molecular weight is 347 g/mol. The van der Waals surface area contributed by atoms with Gasteiger partial charge in [-0.1, -0.05) is 30.3 Å². The maximum absolute atomic E-state index is 13.0. The lowest BCUT2D eigenvalue weighted by Crippen LogP contribution is -2.47. The molecule has 128 valence electrons. The predicted octanol–water partition coefficient (Wildman–Crippen LogP) is 1.96. The molecule has 0 radical (unpaired) electrons. The summed E-state index contributed by atoms with van der Waals surface area (Å²) < 4.78 is 35.3. The standard InChI is InChI=1S/C17H21N3O3S/c1-19-10-15(9-18-19)24(21,22)20-11-16(13-5-3-2-4-6-13)23-17(12-20)14-7-8-14/h2-6,9-10,14,16-17H,7-8,11-12H2,1H3/t16-,17+/m0/s1. The minimum absolute atomic E-state index is 0.0320. The fourth-order valence-corrected chi connectivity index (χ4v) is 4.65. The number of nitrogens with zero attached hydrogens (tertiary/aromatic N) is 3. The van der Waals surface area contributed by atoms with Crippen LogP contribution in [-0.4, -0.2) is 41.7 Å². The molecule has 7 heteroatoms. The smallest absolute Gasteiger partial charge is 0.246 e. The van der Waals surface area contributed by atoms with E-state index in [1.54, 1.807) is 17.5 Å². The highest BCUT2D eigenvalue weighted by Crippen LogP contribution is 2.40. The lowest BCUT2D eigenvalue weighted by atomic mass is 10.1. The van der Waals surface area contributed by atoms with Crippen LogP contribution in [0.25, 0.3) is 0 Å². The zero-order chi connectivity index (χ0) is 16.7. The van der Waals surface area contributed by atoms with E-state index in [2.05, 4.69) is 5.10 Å². The second-order valence-corrected chi connectivity index (χ2v) is 8.52. The van der Waals surface area contributed by atoms with Gasteiger partial charge in [0.1, 0.15) is 4.90 Å². The van der Waals surface area contributed by atoms with Gasteiger partial charge in [-0.3, -0.25) is 4.68 Å². The van der Waals surface area contributed by atoms with Crippen LogP contribution >= 0.6 is 0 Å². The molecule has 2 aromatic rings. The first-order chi connectivity index (χ1) is 11.5. The van der Waals surface area contributed by atoms with E-state index in [9.17, 15) is 8.42 Å². The molecule has 4 rings (SSSR count). The quantitative estimate of drug-likeness (QED) is 0.848. The Balaban J connectivity index is 1.64. The Morgan fingerprint density at radius 1 is 1.17 bits per heavy atom. The Morgan fingerprint density at radius 2 is 1.92 bits per heavy atom. The number of benzene rings is 1. The van der Waals surface area contributed by atoms with Gasteiger partial charge in [0.15, 0.2) is 0 Å². The molecule has 2 atom stereocenters. The van der Waals surface area contributed by atoms with Gasteiger partial charge in [-0.25, -0.2) is 8.42 Å². The number of rotatable bonds is 4. The van der Waals surface area contributed by atoms with Crippen LogP contribution in [0, 0.1) is 5.92 Å². The third-order valence-corrected chi connectivity index (χ3v) is 6.51. The van der Waals surface area contributed by atoms with E-state index in [4.69, 9.17) is 4.74 Å². The van der Waals surface area contributed by atoms with Gasteiger partial charge in [0.05, 0.1) is 18.4 Å². The molecule has 1 saturated heterocycles. The molecular formula is C17H21N3O3S. The van der Waals surface area contributed by atoms with Crippen molar-refractivity contribution in [3.63, 3.8) is 0 Å². The number of aromatic nitrogens is 2. The number of morpholine rings is 1. The third kappa shape index (κ3) is 2.99. The Labute approximate surface area is 142 Å². The molecule has 0 spiro atoms. The van der Waals surface area contributed by atoms with E-state index in [-0.39, 0.29) is 17.1 Å². The number of hydrogen-bond acceptors (Lipinski definition) is 4. The van der Waals surface area contributed by atoms with Gasteiger partial charge in [-0.15, -0.1) is 0 Å². The molecule has 2 fully saturated rings. The number of aryl methyl sites for hydroxylation is 1. The first kappa shape index (κ1) is 15.8. The Bertz CT molecular complexity index is 815. The highest BCUT2D eigenvalue weighted by atomic mass is 32.2. The average Bonchev–Trinajstić information content (AvgIpc) is 3.36. The summed E-state index contributed by atoms with van der Waals surface area (Å²) in [7, 11) is -1.83. The van der Waals surface area contributed by atoms with Crippen LogP contribution in [0.3, 0.4) is 0 Å². The minimum atomic E-state index is -3.55. The molecule has 24 heavy (non-hydrogen) atoms. The van der Waals surface area contributed by atoms with E-state index >= 15 is 0 Å². The Hall–Kier alpha value is -1.70. The summed E-state index contributed by atoms with van der Waals surface area (Å²) in [6, 6.07) is 9.86. The van der Waals surface area contributed by atoms with Crippen molar-refractivity contribution in [2.75, 3.05) is 13.1 Å². The van der Waals surface area contributed by atoms with Gasteiger partial charge in [0.25, 0.3) is 0 Å². The van der Waals surface area contributed by atoms with Crippen molar-refractivity contribution in [1.82, 2.24) is 14.1 Å². The van der Waals surface area contributed by atoms with E-state index in [1.165, 1.54) is 10.9 Å². The van der Waals surface area contributed by atoms with E-state index in [0.29, 0.717) is 19.0 Å². The van der Waals surface area contributed by atoms with E-state index in [1.807, 2.05) is 30.3 Å². The Morgan fingerprint density at radius 3 is 2.54 bits per heavy atom. The summed E-state index contributed by atoms with van der Waals surface area (Å²) in [6.07, 6.45) is 4.94. The lowest BCUT2D eigenvalue weighted by molar-refractivity contribution is -0.0747. The first-order valence-corrected chi connectivity index (χ1v) is 9.67. The summed E-state index contributed by atoms with van der Waals surface area (Å²) in [6.45, 7) is 0.760. The number of ether oxygens (including phenoxy) is 1. The first-order valence-electron chi connectivity index (χ1n) is 8.23. The van der Waals surface area contributed by atoms with E-state index in [0.717, 1.165) is 18.4 Å². The van der Waals surface area contributed by atoms with Crippen molar-refractivity contribution in [2.24, 2.45) is 13.0 Å². The van der Waals surface area contributed by atoms with Crippen LogP contribution in [-0.2, 0) is 21.8 Å². The van der Waals surface area contributed by atoms with Crippen LogP contribution in [0.5, 0.6) is 0 Å². The number of sulfonamides is 1. The molecule has 1 aromatic heterocycles. The highest BCUT2D eigenvalue weighted by molar-refractivity contribution is 7.89. The van der Waals surface area contributed by atoms with Crippen LogP contribution in [0.2, 0.25) is 0 Å². The van der Waals surface area contributed by atoms with Crippen molar-refractivity contribution < 1.29 is 13.2 Å². The van der Waals surface area contributed by atoms with Crippen LogP contribution in [0.4, 0.5) is 0 Å². The van der Waals surface area contributed by atoms with Gasteiger partial charge >= 0.3 is 0 Å². The molecule has 0 N–H and O–H groups in total. The molecule has 1 aliphatic heterocycles. The molecule has 6 nitrogen and oxygen atoms in total. The molecule has 0 amide bonds. The SMILES string of the molecule is Cn1cc(S(=O)(=O)N2C[C@@H](c3ccccc3)O[C@@H](C3CC3)C2)cn1. The molecule has 1 aliphatic carbocycles. The molecular weight excluding hydrogens is 326 g/mol.